The lowest BCUT2D eigenvalue weighted by molar-refractivity contribution is 0.0964. The van der Waals surface area contributed by atoms with Crippen molar-refractivity contribution in [3.8, 4) is 11.5 Å². The summed E-state index contributed by atoms with van der Waals surface area (Å²) < 4.78 is 10.2. The second-order valence-electron chi connectivity index (χ2n) is 3.64. The Kier molecular flexibility index (Phi) is 5.41. The fourth-order valence-corrected chi connectivity index (χ4v) is 1.43. The van der Waals surface area contributed by atoms with E-state index in [1.807, 2.05) is 0 Å². The highest BCUT2D eigenvalue weighted by atomic mass is 16.5. The van der Waals surface area contributed by atoms with E-state index in [4.69, 9.17) is 9.47 Å². The number of hydrogen-bond donors (Lipinski definition) is 1. The Morgan fingerprint density at radius 1 is 1.32 bits per heavy atom. The molecule has 0 aliphatic rings. The molecule has 1 amide bonds. The molecule has 1 aromatic rings. The van der Waals surface area contributed by atoms with E-state index in [-0.39, 0.29) is 5.91 Å². The monoisotopic (exact) mass is 259 g/mol. The van der Waals surface area contributed by atoms with Crippen LogP contribution >= 0.6 is 0 Å². The smallest absolute Gasteiger partial charge is 0.259 e. The van der Waals surface area contributed by atoms with Gasteiger partial charge in [0.15, 0.2) is 0 Å². The third kappa shape index (κ3) is 4.03. The highest BCUT2D eigenvalue weighted by Gasteiger charge is 2.13. The molecule has 100 valence electrons. The minimum Gasteiger partial charge on any atom is -0.497 e. The molecule has 1 aromatic carbocycles. The van der Waals surface area contributed by atoms with Crippen molar-refractivity contribution < 1.29 is 14.3 Å². The summed E-state index contributed by atoms with van der Waals surface area (Å²) in [7, 11) is 3.05. The summed E-state index contributed by atoms with van der Waals surface area (Å²) in [5, 5.41) is 2.65. The second-order valence-corrected chi connectivity index (χ2v) is 3.64. The van der Waals surface area contributed by atoms with Crippen LogP contribution in [-0.2, 0) is 0 Å². The van der Waals surface area contributed by atoms with Crippen LogP contribution < -0.4 is 14.8 Å². The van der Waals surface area contributed by atoms with Gasteiger partial charge in [0.1, 0.15) is 11.5 Å². The number of benzene rings is 1. The van der Waals surface area contributed by atoms with Crippen molar-refractivity contribution in [2.75, 3.05) is 14.2 Å². The Morgan fingerprint density at radius 2 is 2.05 bits per heavy atom. The molecule has 0 radical (unpaired) electrons. The van der Waals surface area contributed by atoms with Gasteiger partial charge >= 0.3 is 0 Å². The highest BCUT2D eigenvalue weighted by Crippen LogP contribution is 2.24. The summed E-state index contributed by atoms with van der Waals surface area (Å²) in [6.45, 7) is 7.26. The molecule has 0 spiro atoms. The van der Waals surface area contributed by atoms with Crippen LogP contribution in [0.2, 0.25) is 0 Å². The van der Waals surface area contributed by atoms with Crippen molar-refractivity contribution >= 4 is 5.91 Å². The molecule has 1 rings (SSSR count). The summed E-state index contributed by atoms with van der Waals surface area (Å²) in [6.07, 6.45) is 4.94. The van der Waals surface area contributed by atoms with Crippen molar-refractivity contribution in [1.82, 2.24) is 5.32 Å². The van der Waals surface area contributed by atoms with Crippen LogP contribution in [0.1, 0.15) is 10.4 Å². The lowest BCUT2D eigenvalue weighted by Gasteiger charge is -2.10. The first-order valence-electron chi connectivity index (χ1n) is 5.63. The zero-order valence-electron chi connectivity index (χ0n) is 11.1. The fourth-order valence-electron chi connectivity index (χ4n) is 1.43. The zero-order chi connectivity index (χ0) is 14.3. The molecule has 4 nitrogen and oxygen atoms in total. The van der Waals surface area contributed by atoms with Crippen molar-refractivity contribution in [3.05, 3.63) is 60.8 Å². The predicted octanol–water partition coefficient (Wildman–Crippen LogP) is 2.69. The van der Waals surface area contributed by atoms with Gasteiger partial charge in [0.25, 0.3) is 5.91 Å². The minimum absolute atomic E-state index is 0.293. The topological polar surface area (TPSA) is 47.6 Å². The van der Waals surface area contributed by atoms with E-state index >= 15 is 0 Å². The normalized spacial score (nSPS) is 10.0. The van der Waals surface area contributed by atoms with Crippen LogP contribution in [0.4, 0.5) is 0 Å². The largest absolute Gasteiger partial charge is 0.497 e. The van der Waals surface area contributed by atoms with Crippen LogP contribution in [-0.4, -0.2) is 20.1 Å². The first kappa shape index (κ1) is 14.6. The number of nitrogens with one attached hydrogen (secondary N) is 1. The number of allylic oxidation sites excluding steroid dienone is 3. The number of amides is 1. The van der Waals surface area contributed by atoms with E-state index in [2.05, 4.69) is 18.5 Å². The van der Waals surface area contributed by atoms with E-state index < -0.39 is 0 Å². The molecule has 19 heavy (non-hydrogen) atoms. The van der Waals surface area contributed by atoms with Gasteiger partial charge in [-0.05, 0) is 18.2 Å². The van der Waals surface area contributed by atoms with Crippen LogP contribution in [0.15, 0.2) is 55.3 Å². The van der Waals surface area contributed by atoms with Gasteiger partial charge in [0.05, 0.1) is 19.8 Å². The first-order valence-corrected chi connectivity index (χ1v) is 5.63. The van der Waals surface area contributed by atoms with Crippen LogP contribution in [0, 0.1) is 0 Å². The maximum Gasteiger partial charge on any atom is 0.259 e. The molecule has 0 heterocycles. The van der Waals surface area contributed by atoms with Gasteiger partial charge in [0, 0.05) is 11.8 Å². The molecule has 0 aliphatic carbocycles. The SMILES string of the molecule is C=C/C=C\C(=C)NC(=O)c1ccc(OC)cc1OC. The van der Waals surface area contributed by atoms with Gasteiger partial charge in [0.2, 0.25) is 0 Å². The van der Waals surface area contributed by atoms with Crippen molar-refractivity contribution in [2.24, 2.45) is 0 Å². The number of ether oxygens (including phenoxy) is 2. The molecule has 0 bridgehead atoms. The molecule has 0 aliphatic heterocycles. The molecule has 0 unspecified atom stereocenters. The summed E-state index contributed by atoms with van der Waals surface area (Å²) >= 11 is 0. The second kappa shape index (κ2) is 7.06. The van der Waals surface area contributed by atoms with Gasteiger partial charge in [-0.3, -0.25) is 4.79 Å². The molecule has 0 fully saturated rings. The summed E-state index contributed by atoms with van der Waals surface area (Å²) in [6, 6.07) is 4.98. The Hall–Kier alpha value is -2.49. The van der Waals surface area contributed by atoms with E-state index in [9.17, 15) is 4.79 Å². The quantitative estimate of drug-likeness (QED) is 0.799. The van der Waals surface area contributed by atoms with Gasteiger partial charge in [-0.15, -0.1) is 0 Å². The molecular weight excluding hydrogens is 242 g/mol. The third-order valence-corrected chi connectivity index (χ3v) is 2.36. The van der Waals surface area contributed by atoms with E-state index in [1.165, 1.54) is 7.11 Å². The Balaban J connectivity index is 2.90. The third-order valence-electron chi connectivity index (χ3n) is 2.36. The number of carbonyl (C=O) groups is 1. The van der Waals surface area contributed by atoms with Gasteiger partial charge < -0.3 is 14.8 Å². The Bertz CT molecular complexity index is 518. The van der Waals surface area contributed by atoms with Crippen molar-refractivity contribution in [2.45, 2.75) is 0 Å². The fraction of sp³-hybridized carbons (Fsp3) is 0.133. The van der Waals surface area contributed by atoms with Crippen molar-refractivity contribution in [1.29, 1.82) is 0 Å². The van der Waals surface area contributed by atoms with E-state index in [0.29, 0.717) is 22.8 Å². The Morgan fingerprint density at radius 3 is 2.63 bits per heavy atom. The number of hydrogen-bond acceptors (Lipinski definition) is 3. The summed E-state index contributed by atoms with van der Waals surface area (Å²) in [4.78, 5) is 12.0. The van der Waals surface area contributed by atoms with Crippen LogP contribution in [0.5, 0.6) is 11.5 Å². The predicted molar refractivity (Wildman–Crippen MR) is 75.5 cm³/mol. The standard InChI is InChI=1S/C15H17NO3/c1-5-6-7-11(2)16-15(17)13-9-8-12(18-3)10-14(13)19-4/h5-10H,1-2H2,3-4H3,(H,16,17)/b7-6-. The molecule has 0 saturated carbocycles. The summed E-state index contributed by atoms with van der Waals surface area (Å²) in [5.41, 5.74) is 0.888. The van der Waals surface area contributed by atoms with Crippen LogP contribution in [0.3, 0.4) is 0 Å². The van der Waals surface area contributed by atoms with E-state index in [0.717, 1.165) is 0 Å². The number of methoxy groups -OCH3 is 2. The van der Waals surface area contributed by atoms with Crippen LogP contribution in [0.25, 0.3) is 0 Å². The van der Waals surface area contributed by atoms with Gasteiger partial charge in [-0.25, -0.2) is 0 Å². The lowest BCUT2D eigenvalue weighted by Crippen LogP contribution is -2.21. The number of carbonyl (C=O) groups excluding carboxylic acids is 1. The minimum atomic E-state index is -0.293. The average Bonchev–Trinajstić information content (AvgIpc) is 2.44. The molecule has 1 N–H and O–H groups in total. The molecule has 4 heteroatoms. The van der Waals surface area contributed by atoms with E-state index in [1.54, 1.807) is 43.5 Å². The maximum atomic E-state index is 12.0. The molecular formula is C15H17NO3. The lowest BCUT2D eigenvalue weighted by atomic mass is 10.1. The van der Waals surface area contributed by atoms with Gasteiger partial charge in [-0.1, -0.05) is 25.3 Å². The zero-order valence-corrected chi connectivity index (χ0v) is 11.1. The molecule has 0 aromatic heterocycles. The van der Waals surface area contributed by atoms with Gasteiger partial charge in [-0.2, -0.15) is 0 Å². The molecule has 0 saturated heterocycles. The summed E-state index contributed by atoms with van der Waals surface area (Å²) in [5.74, 6) is 0.773. The average molecular weight is 259 g/mol. The maximum absolute atomic E-state index is 12.0. The first-order chi connectivity index (χ1) is 9.12. The Labute approximate surface area is 113 Å². The molecule has 0 atom stereocenters. The highest BCUT2D eigenvalue weighted by molar-refractivity contribution is 5.98. The van der Waals surface area contributed by atoms with Crippen molar-refractivity contribution in [3.63, 3.8) is 0 Å². The number of rotatable bonds is 6.